The molecule has 3 N–H and O–H groups in total. The van der Waals surface area contributed by atoms with Gasteiger partial charge in [0.25, 0.3) is 0 Å². The molecule has 0 fully saturated rings. The van der Waals surface area contributed by atoms with Crippen LogP contribution in [0.5, 0.6) is 0 Å². The van der Waals surface area contributed by atoms with Crippen LogP contribution in [0, 0.1) is 0 Å². The van der Waals surface area contributed by atoms with Crippen molar-refractivity contribution in [3.8, 4) is 0 Å². The molecule has 0 atom stereocenters. The third-order valence-corrected chi connectivity index (χ3v) is 4.47. The van der Waals surface area contributed by atoms with E-state index in [1.54, 1.807) is 0 Å². The lowest BCUT2D eigenvalue weighted by molar-refractivity contribution is -0.0134. The highest BCUT2D eigenvalue weighted by atomic mass is 16.6. The number of rotatable bonds is 26. The molecule has 0 heterocycles. The second kappa shape index (κ2) is 27.7. The van der Waals surface area contributed by atoms with E-state index in [-0.39, 0.29) is 6.61 Å². The summed E-state index contributed by atoms with van der Waals surface area (Å²) in [5, 5.41) is 8.54. The van der Waals surface area contributed by atoms with E-state index in [4.69, 9.17) is 34.5 Å². The van der Waals surface area contributed by atoms with Crippen LogP contribution in [0.4, 0.5) is 0 Å². The minimum atomic E-state index is 0.0466. The molecule has 29 heavy (non-hydrogen) atoms. The lowest BCUT2D eigenvalue weighted by atomic mass is 10.1. The molecule has 0 saturated carbocycles. The van der Waals surface area contributed by atoms with Gasteiger partial charge in [0.1, 0.15) is 0 Å². The average molecular weight is 422 g/mol. The summed E-state index contributed by atoms with van der Waals surface area (Å²) < 4.78 is 26.9. The van der Waals surface area contributed by atoms with Gasteiger partial charge in [0, 0.05) is 6.61 Å². The Morgan fingerprint density at radius 1 is 0.379 bits per heavy atom. The zero-order valence-electron chi connectivity index (χ0n) is 18.6. The first-order valence-electron chi connectivity index (χ1n) is 11.6. The minimum absolute atomic E-state index is 0.0466. The summed E-state index contributed by atoms with van der Waals surface area (Å²) in [5.74, 6) is 0. The molecule has 0 bridgehead atoms. The van der Waals surface area contributed by atoms with Gasteiger partial charge in [0.15, 0.2) is 0 Å². The molecule has 0 aliphatic carbocycles. The van der Waals surface area contributed by atoms with Crippen molar-refractivity contribution in [1.82, 2.24) is 0 Å². The van der Waals surface area contributed by atoms with Crippen molar-refractivity contribution in [2.45, 2.75) is 64.2 Å². The van der Waals surface area contributed by atoms with E-state index in [0.29, 0.717) is 59.5 Å². The first-order chi connectivity index (χ1) is 14.4. The van der Waals surface area contributed by atoms with Crippen molar-refractivity contribution in [3.05, 3.63) is 0 Å². The Hall–Kier alpha value is -0.280. The fraction of sp³-hybridized carbons (Fsp3) is 1.00. The zero-order chi connectivity index (χ0) is 21.1. The topological polar surface area (TPSA) is 92.4 Å². The molecule has 0 saturated heterocycles. The van der Waals surface area contributed by atoms with Gasteiger partial charge >= 0.3 is 0 Å². The first kappa shape index (κ1) is 28.7. The molecule has 0 aromatic heterocycles. The van der Waals surface area contributed by atoms with Crippen molar-refractivity contribution >= 4 is 0 Å². The van der Waals surface area contributed by atoms with E-state index in [0.717, 1.165) is 19.6 Å². The van der Waals surface area contributed by atoms with Gasteiger partial charge in [-0.05, 0) is 19.4 Å². The van der Waals surface area contributed by atoms with Crippen LogP contribution in [0.1, 0.15) is 64.2 Å². The molecular formula is C22H47NO6. The number of aliphatic hydroxyl groups excluding tert-OH is 1. The molecule has 0 radical (unpaired) electrons. The predicted octanol–water partition coefficient (Wildman–Crippen LogP) is 2.92. The number of nitrogens with two attached hydrogens (primary N) is 1. The molecule has 0 aliphatic rings. The van der Waals surface area contributed by atoms with Gasteiger partial charge < -0.3 is 34.5 Å². The quantitative estimate of drug-likeness (QED) is 0.207. The second-order valence-corrected chi connectivity index (χ2v) is 7.11. The van der Waals surface area contributed by atoms with E-state index >= 15 is 0 Å². The van der Waals surface area contributed by atoms with E-state index in [9.17, 15) is 0 Å². The standard InChI is InChI=1S/C22H47NO6/c23-11-9-7-5-3-1-2-4-6-8-10-13-25-15-17-27-19-21-29-22-20-28-18-16-26-14-12-24/h24H,1-23H2. The molecule has 0 amide bonds. The van der Waals surface area contributed by atoms with Crippen molar-refractivity contribution in [2.75, 3.05) is 79.2 Å². The third kappa shape index (κ3) is 27.7. The van der Waals surface area contributed by atoms with E-state index in [2.05, 4.69) is 0 Å². The average Bonchev–Trinajstić information content (AvgIpc) is 2.74. The van der Waals surface area contributed by atoms with Crippen LogP contribution in [0.2, 0.25) is 0 Å². The maximum Gasteiger partial charge on any atom is 0.0701 e. The number of hydrogen-bond donors (Lipinski definition) is 2. The van der Waals surface area contributed by atoms with Gasteiger partial charge in [-0.25, -0.2) is 0 Å². The molecule has 0 spiro atoms. The largest absolute Gasteiger partial charge is 0.394 e. The van der Waals surface area contributed by atoms with Crippen LogP contribution in [0.15, 0.2) is 0 Å². The molecule has 0 unspecified atom stereocenters. The van der Waals surface area contributed by atoms with E-state index < -0.39 is 0 Å². The Morgan fingerprint density at radius 3 is 1.07 bits per heavy atom. The number of ether oxygens (including phenoxy) is 5. The summed E-state index contributed by atoms with van der Waals surface area (Å²) in [5.41, 5.74) is 5.49. The second-order valence-electron chi connectivity index (χ2n) is 7.11. The molecule has 0 aromatic carbocycles. The molecule has 7 nitrogen and oxygen atoms in total. The number of aliphatic hydroxyl groups is 1. The van der Waals surface area contributed by atoms with Gasteiger partial charge in [-0.2, -0.15) is 0 Å². The molecule has 0 aromatic rings. The zero-order valence-corrected chi connectivity index (χ0v) is 18.6. The fourth-order valence-corrected chi connectivity index (χ4v) is 2.81. The third-order valence-electron chi connectivity index (χ3n) is 4.47. The van der Waals surface area contributed by atoms with E-state index in [1.807, 2.05) is 0 Å². The summed E-state index contributed by atoms with van der Waals surface area (Å²) in [4.78, 5) is 0. The summed E-state index contributed by atoms with van der Waals surface area (Å²) in [7, 11) is 0. The normalized spacial score (nSPS) is 11.4. The number of hydrogen-bond acceptors (Lipinski definition) is 7. The Bertz CT molecular complexity index is 258. The lowest BCUT2D eigenvalue weighted by Gasteiger charge is -2.08. The van der Waals surface area contributed by atoms with Gasteiger partial charge in [0.05, 0.1) is 66.1 Å². The highest BCUT2D eigenvalue weighted by molar-refractivity contribution is 4.48. The van der Waals surface area contributed by atoms with Crippen molar-refractivity contribution in [2.24, 2.45) is 5.73 Å². The summed E-state index contributed by atoms with van der Waals surface area (Å²) in [6.07, 6.45) is 13.0. The highest BCUT2D eigenvalue weighted by Gasteiger charge is 1.95. The van der Waals surface area contributed by atoms with Crippen molar-refractivity contribution in [1.29, 1.82) is 0 Å². The Morgan fingerprint density at radius 2 is 0.690 bits per heavy atom. The molecule has 0 aliphatic heterocycles. The maximum atomic E-state index is 8.54. The van der Waals surface area contributed by atoms with Crippen LogP contribution < -0.4 is 5.73 Å². The van der Waals surface area contributed by atoms with Gasteiger partial charge in [-0.3, -0.25) is 0 Å². The van der Waals surface area contributed by atoms with Crippen LogP contribution in [0.3, 0.4) is 0 Å². The minimum Gasteiger partial charge on any atom is -0.394 e. The lowest BCUT2D eigenvalue weighted by Crippen LogP contribution is -2.13. The van der Waals surface area contributed by atoms with Crippen molar-refractivity contribution in [3.63, 3.8) is 0 Å². The molecule has 0 rings (SSSR count). The Labute approximate surface area is 178 Å². The summed E-state index contributed by atoms with van der Waals surface area (Å²) in [6, 6.07) is 0. The predicted molar refractivity (Wildman–Crippen MR) is 116 cm³/mol. The van der Waals surface area contributed by atoms with E-state index in [1.165, 1.54) is 57.8 Å². The first-order valence-corrected chi connectivity index (χ1v) is 11.6. The maximum absolute atomic E-state index is 8.54. The molecule has 176 valence electrons. The van der Waals surface area contributed by atoms with Crippen LogP contribution >= 0.6 is 0 Å². The Kier molecular flexibility index (Phi) is 27.5. The van der Waals surface area contributed by atoms with Crippen LogP contribution in [-0.2, 0) is 23.7 Å². The highest BCUT2D eigenvalue weighted by Crippen LogP contribution is 2.10. The summed E-state index contributed by atoms with van der Waals surface area (Å²) in [6.45, 7) is 6.60. The smallest absolute Gasteiger partial charge is 0.0701 e. The molecular weight excluding hydrogens is 374 g/mol. The number of unbranched alkanes of at least 4 members (excludes halogenated alkanes) is 9. The van der Waals surface area contributed by atoms with Crippen LogP contribution in [0.25, 0.3) is 0 Å². The van der Waals surface area contributed by atoms with Gasteiger partial charge in [-0.1, -0.05) is 51.4 Å². The molecule has 7 heteroatoms. The SMILES string of the molecule is NCCCCCCCCCCCCOCCOCCOCCOCCOCCO. The summed E-state index contributed by atoms with van der Waals surface area (Å²) >= 11 is 0. The van der Waals surface area contributed by atoms with Crippen LogP contribution in [-0.4, -0.2) is 84.3 Å². The monoisotopic (exact) mass is 421 g/mol. The van der Waals surface area contributed by atoms with Gasteiger partial charge in [-0.15, -0.1) is 0 Å². The fourth-order valence-electron chi connectivity index (χ4n) is 2.81. The Balaban J connectivity index is 2.97. The van der Waals surface area contributed by atoms with Crippen molar-refractivity contribution < 1.29 is 28.8 Å². The van der Waals surface area contributed by atoms with Gasteiger partial charge in [0.2, 0.25) is 0 Å².